The summed E-state index contributed by atoms with van der Waals surface area (Å²) in [7, 11) is 1.15. The van der Waals surface area contributed by atoms with Gasteiger partial charge in [-0.3, -0.25) is 0 Å². The highest BCUT2D eigenvalue weighted by molar-refractivity contribution is 5.92. The molecule has 3 atom stereocenters. The van der Waals surface area contributed by atoms with Gasteiger partial charge in [0.25, 0.3) is 0 Å². The van der Waals surface area contributed by atoms with Crippen LogP contribution in [0.5, 0.6) is 5.75 Å². The van der Waals surface area contributed by atoms with Crippen LogP contribution in [0.15, 0.2) is 30.3 Å². The first kappa shape index (κ1) is 26.0. The van der Waals surface area contributed by atoms with Crippen LogP contribution in [0.1, 0.15) is 54.6 Å². The maximum atomic E-state index is 14.1. The van der Waals surface area contributed by atoms with E-state index in [9.17, 15) is 32.6 Å². The van der Waals surface area contributed by atoms with Gasteiger partial charge in [-0.15, -0.1) is 0 Å². The van der Waals surface area contributed by atoms with Gasteiger partial charge in [0.15, 0.2) is 6.10 Å². The van der Waals surface area contributed by atoms with E-state index < -0.39 is 41.8 Å². The molecular weight excluding hydrogens is 482 g/mol. The molecule has 0 bridgehead atoms. The lowest BCUT2D eigenvalue weighted by atomic mass is 10.0. The first-order valence-corrected chi connectivity index (χ1v) is 11.8. The number of anilines is 2. The first-order valence-electron chi connectivity index (χ1n) is 11.8. The largest absolute Gasteiger partial charge is 0.494 e. The Bertz CT molecular complexity index is 1100. The number of ether oxygens (including phenoxy) is 1. The molecule has 0 saturated carbocycles. The van der Waals surface area contributed by atoms with Crippen LogP contribution in [-0.2, 0) is 6.42 Å². The summed E-state index contributed by atoms with van der Waals surface area (Å²) in [5.74, 6) is -0.816. The van der Waals surface area contributed by atoms with Crippen molar-refractivity contribution in [3.05, 3.63) is 52.8 Å². The number of aliphatic hydroxyl groups excluding tert-OH is 2. The van der Waals surface area contributed by atoms with E-state index in [0.717, 1.165) is 32.8 Å². The number of benzene rings is 2. The van der Waals surface area contributed by atoms with Crippen molar-refractivity contribution in [2.75, 3.05) is 30.4 Å². The van der Waals surface area contributed by atoms with Gasteiger partial charge >= 0.3 is 12.2 Å². The standard InChI is InChI=1S/C25H29F4N3O4/c1-36-22-17(23(34)25(27,28)29)11-14(32-9-4-2-3-5-10-32)12-20(22)31-24(35)30-19-13-16-15(21(19)33)7-6-8-18(16)26/h6-8,11-12,19,21,23,33-34H,2-5,9-10,13H2,1H3,(H2,30,31,35). The Hall–Kier alpha value is -3.05. The van der Waals surface area contributed by atoms with Crippen molar-refractivity contribution in [3.63, 3.8) is 0 Å². The van der Waals surface area contributed by atoms with E-state index in [-0.39, 0.29) is 17.9 Å². The van der Waals surface area contributed by atoms with Gasteiger partial charge in [-0.05, 0) is 48.6 Å². The molecule has 4 rings (SSSR count). The fourth-order valence-corrected chi connectivity index (χ4v) is 4.92. The highest BCUT2D eigenvalue weighted by atomic mass is 19.4. The molecular formula is C25H29F4N3O4. The van der Waals surface area contributed by atoms with Gasteiger partial charge in [-0.1, -0.05) is 25.0 Å². The van der Waals surface area contributed by atoms with Gasteiger partial charge in [0.2, 0.25) is 0 Å². The van der Waals surface area contributed by atoms with Crippen molar-refractivity contribution in [1.29, 1.82) is 0 Å². The molecule has 2 aromatic carbocycles. The molecule has 2 aliphatic rings. The summed E-state index contributed by atoms with van der Waals surface area (Å²) in [6.07, 6.45) is -5.12. The van der Waals surface area contributed by atoms with E-state index in [1.54, 1.807) is 6.07 Å². The molecule has 0 radical (unpaired) electrons. The third-order valence-electron chi connectivity index (χ3n) is 6.73. The number of carbonyl (C=O) groups excluding carboxylic acids is 1. The predicted octanol–water partition coefficient (Wildman–Crippen LogP) is 4.59. The molecule has 1 aliphatic carbocycles. The predicted molar refractivity (Wildman–Crippen MR) is 126 cm³/mol. The first-order chi connectivity index (χ1) is 17.1. The van der Waals surface area contributed by atoms with E-state index in [2.05, 4.69) is 10.6 Å². The normalized spacial score (nSPS) is 20.9. The highest BCUT2D eigenvalue weighted by Gasteiger charge is 2.42. The fraction of sp³-hybridized carbons (Fsp3) is 0.480. The van der Waals surface area contributed by atoms with Crippen molar-refractivity contribution in [2.24, 2.45) is 0 Å². The number of alkyl halides is 3. The SMILES string of the molecule is COc1c(NC(=O)NC2Cc3c(F)cccc3C2O)cc(N2CCCCCC2)cc1C(O)C(F)(F)F. The fourth-order valence-electron chi connectivity index (χ4n) is 4.92. The molecule has 4 N–H and O–H groups in total. The zero-order chi connectivity index (χ0) is 26.0. The molecule has 1 fully saturated rings. The number of nitrogens with zero attached hydrogens (tertiary/aromatic N) is 1. The Labute approximate surface area is 206 Å². The van der Waals surface area contributed by atoms with Crippen LogP contribution in [0.25, 0.3) is 0 Å². The van der Waals surface area contributed by atoms with Crippen LogP contribution in [-0.4, -0.2) is 48.7 Å². The molecule has 3 unspecified atom stereocenters. The molecule has 1 aliphatic heterocycles. The van der Waals surface area contributed by atoms with Crippen molar-refractivity contribution >= 4 is 17.4 Å². The Balaban J connectivity index is 1.62. The summed E-state index contributed by atoms with van der Waals surface area (Å²) in [4.78, 5) is 14.8. The number of aliphatic hydroxyl groups is 2. The van der Waals surface area contributed by atoms with Gasteiger partial charge in [-0.2, -0.15) is 13.2 Å². The average molecular weight is 512 g/mol. The zero-order valence-electron chi connectivity index (χ0n) is 19.7. The second-order valence-corrected chi connectivity index (χ2v) is 9.12. The lowest BCUT2D eigenvalue weighted by Crippen LogP contribution is -2.40. The Morgan fingerprint density at radius 2 is 1.86 bits per heavy atom. The molecule has 11 heteroatoms. The number of rotatable bonds is 5. The van der Waals surface area contributed by atoms with Crippen LogP contribution in [0.4, 0.5) is 33.7 Å². The van der Waals surface area contributed by atoms with Crippen molar-refractivity contribution < 1.29 is 37.3 Å². The van der Waals surface area contributed by atoms with Gasteiger partial charge in [0.05, 0.1) is 24.9 Å². The number of urea groups is 1. The Kier molecular flexibility index (Phi) is 7.60. The summed E-state index contributed by atoms with van der Waals surface area (Å²) in [5, 5.41) is 25.7. The summed E-state index contributed by atoms with van der Waals surface area (Å²) in [5.41, 5.74) is 0.508. The van der Waals surface area contributed by atoms with Gasteiger partial charge < -0.3 is 30.5 Å². The highest BCUT2D eigenvalue weighted by Crippen LogP contribution is 2.43. The second-order valence-electron chi connectivity index (χ2n) is 9.12. The molecule has 0 aromatic heterocycles. The Morgan fingerprint density at radius 1 is 1.17 bits per heavy atom. The molecule has 0 spiro atoms. The molecule has 36 heavy (non-hydrogen) atoms. The quantitative estimate of drug-likeness (QED) is 0.441. The van der Waals surface area contributed by atoms with Gasteiger partial charge in [0.1, 0.15) is 11.6 Å². The van der Waals surface area contributed by atoms with E-state index in [4.69, 9.17) is 4.74 Å². The molecule has 1 saturated heterocycles. The third kappa shape index (κ3) is 5.36. The Morgan fingerprint density at radius 3 is 2.47 bits per heavy atom. The lowest BCUT2D eigenvalue weighted by Gasteiger charge is -2.27. The molecule has 1 heterocycles. The minimum absolute atomic E-state index is 0.0551. The summed E-state index contributed by atoms with van der Waals surface area (Å²) < 4.78 is 59.8. The number of nitrogens with one attached hydrogen (secondary N) is 2. The molecule has 2 amide bonds. The summed E-state index contributed by atoms with van der Waals surface area (Å²) >= 11 is 0. The van der Waals surface area contributed by atoms with Crippen molar-refractivity contribution in [1.82, 2.24) is 5.32 Å². The number of fused-ring (bicyclic) bond motifs is 1. The monoisotopic (exact) mass is 511 g/mol. The number of hydrogen-bond donors (Lipinski definition) is 4. The number of carbonyl (C=O) groups is 1. The maximum Gasteiger partial charge on any atom is 0.418 e. The average Bonchev–Trinajstić information content (AvgIpc) is 3.00. The topological polar surface area (TPSA) is 94.1 Å². The number of hydrogen-bond acceptors (Lipinski definition) is 5. The van der Waals surface area contributed by atoms with E-state index in [1.807, 2.05) is 4.90 Å². The minimum atomic E-state index is -4.95. The van der Waals surface area contributed by atoms with Crippen LogP contribution < -0.4 is 20.3 Å². The second kappa shape index (κ2) is 10.5. The molecule has 196 valence electrons. The molecule has 7 nitrogen and oxygen atoms in total. The smallest absolute Gasteiger partial charge is 0.418 e. The van der Waals surface area contributed by atoms with Gasteiger partial charge in [-0.25, -0.2) is 9.18 Å². The molecule has 2 aromatic rings. The maximum absolute atomic E-state index is 14.1. The van der Waals surface area contributed by atoms with Crippen molar-refractivity contribution in [3.8, 4) is 5.75 Å². The number of halogens is 4. The zero-order valence-corrected chi connectivity index (χ0v) is 19.7. The third-order valence-corrected chi connectivity index (χ3v) is 6.73. The minimum Gasteiger partial charge on any atom is -0.494 e. The summed E-state index contributed by atoms with van der Waals surface area (Å²) in [6, 6.07) is 5.40. The van der Waals surface area contributed by atoms with Crippen LogP contribution in [0, 0.1) is 5.82 Å². The van der Waals surface area contributed by atoms with Crippen molar-refractivity contribution in [2.45, 2.75) is 56.5 Å². The van der Waals surface area contributed by atoms with E-state index in [1.165, 1.54) is 24.3 Å². The number of amides is 2. The lowest BCUT2D eigenvalue weighted by molar-refractivity contribution is -0.207. The van der Waals surface area contributed by atoms with Crippen LogP contribution >= 0.6 is 0 Å². The van der Waals surface area contributed by atoms with E-state index >= 15 is 0 Å². The summed E-state index contributed by atoms with van der Waals surface area (Å²) in [6.45, 7) is 1.25. The van der Waals surface area contributed by atoms with Crippen LogP contribution in [0.3, 0.4) is 0 Å². The number of methoxy groups -OCH3 is 1. The van der Waals surface area contributed by atoms with E-state index in [0.29, 0.717) is 29.9 Å². The van der Waals surface area contributed by atoms with Gasteiger partial charge in [0, 0.05) is 24.3 Å². The van der Waals surface area contributed by atoms with Crippen LogP contribution in [0.2, 0.25) is 0 Å².